The van der Waals surface area contributed by atoms with Crippen LogP contribution in [0.1, 0.15) is 35.2 Å². The van der Waals surface area contributed by atoms with Crippen LogP contribution in [-0.4, -0.2) is 35.3 Å². The van der Waals surface area contributed by atoms with Crippen LogP contribution in [0.5, 0.6) is 0 Å². The molecule has 118 valence electrons. The van der Waals surface area contributed by atoms with E-state index in [-0.39, 0.29) is 46.7 Å². The maximum Gasteiger partial charge on any atom is 0.273 e. The smallest absolute Gasteiger partial charge is 0.273 e. The molecule has 2 atom stereocenters. The van der Waals surface area contributed by atoms with Crippen LogP contribution >= 0.6 is 26.2 Å². The van der Waals surface area contributed by atoms with Crippen molar-refractivity contribution in [1.29, 1.82) is 0 Å². The summed E-state index contributed by atoms with van der Waals surface area (Å²) in [5.74, 6) is -0.667. The Morgan fingerprint density at radius 2 is 2.19 bits per heavy atom. The number of aliphatic hydroxyl groups excluding tert-OH is 1. The van der Waals surface area contributed by atoms with E-state index in [1.54, 1.807) is 13.0 Å². The highest BCUT2D eigenvalue weighted by atomic mass is 79.9. The topological polar surface area (TPSA) is 92.5 Å². The van der Waals surface area contributed by atoms with Gasteiger partial charge >= 0.3 is 0 Å². The first-order valence-electron chi connectivity index (χ1n) is 6.38. The average molecular weight is 379 g/mol. The van der Waals surface area contributed by atoms with E-state index >= 15 is 0 Å². The predicted molar refractivity (Wildman–Crippen MR) is 90.4 cm³/mol. The normalized spacial score (nSPS) is 11.4. The zero-order valence-corrected chi connectivity index (χ0v) is 14.6. The quantitative estimate of drug-likeness (QED) is 0.329. The number of nitro benzene ring substituents is 1. The third-order valence-electron chi connectivity index (χ3n) is 2.96. The van der Waals surface area contributed by atoms with Gasteiger partial charge in [-0.1, -0.05) is 13.0 Å². The molecule has 1 aromatic rings. The number of carbonyl (C=O) groups is 1. The van der Waals surface area contributed by atoms with Crippen molar-refractivity contribution in [3.63, 3.8) is 0 Å². The lowest BCUT2D eigenvalue weighted by atomic mass is 9.98. The lowest BCUT2D eigenvalue weighted by molar-refractivity contribution is -0.385. The molecular formula is C13H20BrN2O4P. The van der Waals surface area contributed by atoms with Gasteiger partial charge in [0.05, 0.1) is 4.92 Å². The molecule has 2 unspecified atom stereocenters. The van der Waals surface area contributed by atoms with E-state index in [9.17, 15) is 14.9 Å². The Morgan fingerprint density at radius 3 is 2.71 bits per heavy atom. The van der Waals surface area contributed by atoms with Crippen LogP contribution in [0.3, 0.4) is 0 Å². The fourth-order valence-corrected chi connectivity index (χ4v) is 1.97. The van der Waals surface area contributed by atoms with Gasteiger partial charge in [-0.25, -0.2) is 0 Å². The third kappa shape index (κ3) is 5.69. The van der Waals surface area contributed by atoms with E-state index in [1.807, 2.05) is 0 Å². The zero-order chi connectivity index (χ0) is 15.1. The highest BCUT2D eigenvalue weighted by Gasteiger charge is 2.20. The van der Waals surface area contributed by atoms with Crippen LogP contribution in [-0.2, 0) is 0 Å². The summed E-state index contributed by atoms with van der Waals surface area (Å²) in [5.41, 5.74) is 0.554. The van der Waals surface area contributed by atoms with Crippen molar-refractivity contribution in [3.05, 3.63) is 39.4 Å². The fourth-order valence-electron chi connectivity index (χ4n) is 1.76. The summed E-state index contributed by atoms with van der Waals surface area (Å²) in [6, 6.07) is 4.34. The summed E-state index contributed by atoms with van der Waals surface area (Å²) in [4.78, 5) is 22.4. The second kappa shape index (κ2) is 9.82. The van der Waals surface area contributed by atoms with E-state index in [0.717, 1.165) is 12.6 Å². The average Bonchev–Trinajstić information content (AvgIpc) is 2.45. The molecule has 2 N–H and O–H groups in total. The second-order valence-corrected chi connectivity index (χ2v) is 5.09. The maximum absolute atomic E-state index is 11.9. The lowest BCUT2D eigenvalue weighted by Gasteiger charge is -2.10. The Hall–Kier alpha value is -1.04. The molecular weight excluding hydrogens is 359 g/mol. The summed E-state index contributed by atoms with van der Waals surface area (Å²) >= 11 is 0. The van der Waals surface area contributed by atoms with Crippen LogP contribution in [0, 0.1) is 10.1 Å². The first-order valence-corrected chi connectivity index (χ1v) is 7.20. The molecule has 0 aromatic heterocycles. The van der Waals surface area contributed by atoms with Crippen molar-refractivity contribution in [3.8, 4) is 0 Å². The first-order chi connectivity index (χ1) is 9.51. The molecule has 8 heteroatoms. The second-order valence-electron chi connectivity index (χ2n) is 4.51. The Morgan fingerprint density at radius 1 is 1.52 bits per heavy atom. The molecule has 0 spiro atoms. The van der Waals surface area contributed by atoms with Crippen molar-refractivity contribution in [2.75, 3.05) is 19.3 Å². The van der Waals surface area contributed by atoms with Crippen LogP contribution in [0.2, 0.25) is 0 Å². The third-order valence-corrected chi connectivity index (χ3v) is 3.37. The summed E-state index contributed by atoms with van der Waals surface area (Å²) in [6.45, 7) is 2.05. The predicted octanol–water partition coefficient (Wildman–Crippen LogP) is 2.26. The largest absolute Gasteiger partial charge is 0.396 e. The molecule has 0 saturated heterocycles. The zero-order valence-electron chi connectivity index (χ0n) is 11.7. The van der Waals surface area contributed by atoms with Crippen LogP contribution in [0.25, 0.3) is 0 Å². The van der Waals surface area contributed by atoms with Crippen molar-refractivity contribution >= 4 is 37.8 Å². The standard InChI is InChI=1S/C13H19N2O4P.BrH/c1-9(8-16)11-4-3-10(7-12(11)15(18)19)13(17)14-5-2-6-20;/h3-4,7,9,16H,2,5-6,8,20H2,1H3,(H,14,17);1H. The number of benzene rings is 1. The molecule has 1 amide bonds. The first kappa shape index (κ1) is 20.0. The van der Waals surface area contributed by atoms with E-state index in [1.165, 1.54) is 12.1 Å². The number of hydrogen-bond acceptors (Lipinski definition) is 4. The molecule has 6 nitrogen and oxygen atoms in total. The molecule has 0 aliphatic rings. The van der Waals surface area contributed by atoms with Gasteiger partial charge in [0.15, 0.2) is 0 Å². The number of amides is 1. The number of carbonyl (C=O) groups excluding carboxylic acids is 1. The van der Waals surface area contributed by atoms with E-state index in [0.29, 0.717) is 12.1 Å². The fraction of sp³-hybridized carbons (Fsp3) is 0.462. The molecule has 0 aliphatic heterocycles. The minimum atomic E-state index is -0.527. The molecule has 0 bridgehead atoms. The van der Waals surface area contributed by atoms with Crippen LogP contribution < -0.4 is 5.32 Å². The summed E-state index contributed by atoms with van der Waals surface area (Å²) < 4.78 is 0. The van der Waals surface area contributed by atoms with Gasteiger partial charge in [-0.15, -0.1) is 26.2 Å². The number of nitrogens with zero attached hydrogens (tertiary/aromatic N) is 1. The van der Waals surface area contributed by atoms with Gasteiger partial charge in [-0.05, 0) is 18.6 Å². The van der Waals surface area contributed by atoms with Crippen molar-refractivity contribution < 1.29 is 14.8 Å². The van der Waals surface area contributed by atoms with Gasteiger partial charge in [0.1, 0.15) is 0 Å². The molecule has 0 aliphatic carbocycles. The van der Waals surface area contributed by atoms with Gasteiger partial charge < -0.3 is 10.4 Å². The SMILES string of the molecule is Br.CC(CO)c1ccc(C(=O)NCCCP)cc1[N+](=O)[O-]. The molecule has 0 radical (unpaired) electrons. The van der Waals surface area contributed by atoms with Gasteiger partial charge in [-0.3, -0.25) is 14.9 Å². The summed E-state index contributed by atoms with van der Waals surface area (Å²) in [5, 5.41) is 22.9. The maximum atomic E-state index is 11.9. The Kier molecular flexibility index (Phi) is 9.33. The molecule has 1 aromatic carbocycles. The van der Waals surface area contributed by atoms with Crippen LogP contribution in [0.15, 0.2) is 18.2 Å². The van der Waals surface area contributed by atoms with Gasteiger partial charge in [0, 0.05) is 36.3 Å². The number of hydrogen-bond donors (Lipinski definition) is 2. The molecule has 0 heterocycles. The number of rotatable bonds is 7. The minimum absolute atomic E-state index is 0. The summed E-state index contributed by atoms with van der Waals surface area (Å²) in [7, 11) is 2.57. The Bertz CT molecular complexity index is 499. The molecule has 0 saturated carbocycles. The summed E-state index contributed by atoms with van der Waals surface area (Å²) in [6.07, 6.45) is 1.71. The van der Waals surface area contributed by atoms with Crippen molar-refractivity contribution in [2.45, 2.75) is 19.3 Å². The highest BCUT2D eigenvalue weighted by Crippen LogP contribution is 2.27. The van der Waals surface area contributed by atoms with Gasteiger partial charge in [0.25, 0.3) is 11.6 Å². The van der Waals surface area contributed by atoms with E-state index in [4.69, 9.17) is 5.11 Å². The molecule has 1 rings (SSSR count). The van der Waals surface area contributed by atoms with E-state index < -0.39 is 4.92 Å². The van der Waals surface area contributed by atoms with E-state index in [2.05, 4.69) is 14.6 Å². The highest BCUT2D eigenvalue weighted by molar-refractivity contribution is 8.93. The molecule has 0 fully saturated rings. The van der Waals surface area contributed by atoms with Crippen molar-refractivity contribution in [1.82, 2.24) is 5.32 Å². The number of nitro groups is 1. The number of nitrogens with one attached hydrogen (secondary N) is 1. The Labute approximate surface area is 136 Å². The monoisotopic (exact) mass is 378 g/mol. The van der Waals surface area contributed by atoms with Crippen LogP contribution in [0.4, 0.5) is 5.69 Å². The number of halogens is 1. The van der Waals surface area contributed by atoms with Gasteiger partial charge in [-0.2, -0.15) is 0 Å². The number of aliphatic hydroxyl groups is 1. The molecule has 21 heavy (non-hydrogen) atoms. The van der Waals surface area contributed by atoms with Crippen molar-refractivity contribution in [2.24, 2.45) is 0 Å². The Balaban J connectivity index is 0.00000400. The minimum Gasteiger partial charge on any atom is -0.396 e. The van der Waals surface area contributed by atoms with Gasteiger partial charge in [0.2, 0.25) is 0 Å². The lowest BCUT2D eigenvalue weighted by Crippen LogP contribution is -2.24.